The number of nitrogen functional groups attached to an aromatic ring is 1. The number of para-hydroxylation sites is 1. The summed E-state index contributed by atoms with van der Waals surface area (Å²) in [6, 6.07) is 11.4. The first-order chi connectivity index (χ1) is 13.2. The van der Waals surface area contributed by atoms with E-state index in [2.05, 4.69) is 20.4 Å². The smallest absolute Gasteiger partial charge is 0.257 e. The molecule has 0 radical (unpaired) electrons. The van der Waals surface area contributed by atoms with Crippen LogP contribution in [0.25, 0.3) is 22.2 Å². The van der Waals surface area contributed by atoms with Gasteiger partial charge >= 0.3 is 0 Å². The molecule has 0 aliphatic rings. The zero-order chi connectivity index (χ0) is 18.8. The average molecular weight is 400 g/mol. The number of hydrogen-bond acceptors (Lipinski definition) is 9. The van der Waals surface area contributed by atoms with Gasteiger partial charge in [-0.25, -0.2) is 4.68 Å². The molecule has 0 fully saturated rings. The van der Waals surface area contributed by atoms with Crippen molar-refractivity contribution in [1.82, 2.24) is 25.1 Å². The molecule has 1 unspecified atom stereocenters. The quantitative estimate of drug-likeness (QED) is 0.386. The second-order valence-corrected chi connectivity index (χ2v) is 7.81. The van der Waals surface area contributed by atoms with Gasteiger partial charge in [-0.2, -0.15) is 0 Å². The Kier molecular flexibility index (Phi) is 4.82. The summed E-state index contributed by atoms with van der Waals surface area (Å²) < 4.78 is 12.6. The first kappa shape index (κ1) is 17.6. The number of nitrogens with two attached hydrogens (primary N) is 1. The van der Waals surface area contributed by atoms with Crippen molar-refractivity contribution in [2.45, 2.75) is 17.3 Å². The molecule has 2 N–H and O–H groups in total. The summed E-state index contributed by atoms with van der Waals surface area (Å²) in [5.74, 6) is 8.43. The third-order valence-corrected chi connectivity index (χ3v) is 5.72. The molecule has 3 heterocycles. The summed E-state index contributed by atoms with van der Waals surface area (Å²) >= 11 is 2.94. The summed E-state index contributed by atoms with van der Waals surface area (Å²) in [6.45, 7) is 1.95. The molecule has 0 spiro atoms. The van der Waals surface area contributed by atoms with Crippen molar-refractivity contribution in [3.05, 3.63) is 47.7 Å². The molecule has 4 aromatic rings. The number of methoxy groups -OCH3 is 1. The van der Waals surface area contributed by atoms with Crippen LogP contribution in [0, 0.1) is 0 Å². The predicted molar refractivity (Wildman–Crippen MR) is 104 cm³/mol. The standard InChI is InChI=1S/C17H16N6O2S2/c1-10(15-20-21-16(25-15)13-8-5-9-26-13)27-17-22-19-14(23(17)18)11-6-3-4-7-12(11)24-2/h3-10H,18H2,1-2H3. The van der Waals surface area contributed by atoms with E-state index in [9.17, 15) is 0 Å². The fraction of sp³-hybridized carbons (Fsp3) is 0.176. The highest BCUT2D eigenvalue weighted by atomic mass is 32.2. The lowest BCUT2D eigenvalue weighted by Crippen LogP contribution is -2.12. The number of nitrogens with zero attached hydrogens (tertiary/aromatic N) is 5. The van der Waals surface area contributed by atoms with Crippen LogP contribution in [0.5, 0.6) is 5.75 Å². The first-order valence-corrected chi connectivity index (χ1v) is 9.81. The van der Waals surface area contributed by atoms with E-state index >= 15 is 0 Å². The van der Waals surface area contributed by atoms with Gasteiger partial charge in [0.15, 0.2) is 5.82 Å². The molecule has 1 atom stereocenters. The number of thiophene rings is 1. The maximum absolute atomic E-state index is 6.22. The van der Waals surface area contributed by atoms with Crippen LogP contribution in [-0.2, 0) is 0 Å². The average Bonchev–Trinajstić information content (AvgIpc) is 3.43. The molecule has 0 bridgehead atoms. The summed E-state index contributed by atoms with van der Waals surface area (Å²) in [6.07, 6.45) is 0. The van der Waals surface area contributed by atoms with Gasteiger partial charge < -0.3 is 15.0 Å². The molecule has 1 aromatic carbocycles. The van der Waals surface area contributed by atoms with E-state index in [1.807, 2.05) is 48.7 Å². The molecular formula is C17H16N6O2S2. The van der Waals surface area contributed by atoms with Crippen LogP contribution in [0.1, 0.15) is 18.1 Å². The van der Waals surface area contributed by atoms with Crippen molar-refractivity contribution in [3.63, 3.8) is 0 Å². The van der Waals surface area contributed by atoms with Gasteiger partial charge in [0.05, 0.1) is 22.8 Å². The maximum atomic E-state index is 6.22. The zero-order valence-corrected chi connectivity index (χ0v) is 16.2. The summed E-state index contributed by atoms with van der Waals surface area (Å²) in [4.78, 5) is 0.936. The highest BCUT2D eigenvalue weighted by molar-refractivity contribution is 7.99. The van der Waals surface area contributed by atoms with E-state index in [1.165, 1.54) is 16.4 Å². The van der Waals surface area contributed by atoms with Crippen molar-refractivity contribution in [2.75, 3.05) is 13.0 Å². The van der Waals surface area contributed by atoms with E-state index < -0.39 is 0 Å². The minimum atomic E-state index is -0.136. The largest absolute Gasteiger partial charge is 0.496 e. The molecule has 3 aromatic heterocycles. The van der Waals surface area contributed by atoms with Crippen LogP contribution in [0.4, 0.5) is 0 Å². The SMILES string of the molecule is COc1ccccc1-c1nnc(SC(C)c2nnc(-c3cccs3)o2)n1N. The highest BCUT2D eigenvalue weighted by Crippen LogP contribution is 2.36. The lowest BCUT2D eigenvalue weighted by atomic mass is 10.2. The zero-order valence-electron chi connectivity index (χ0n) is 14.6. The third-order valence-electron chi connectivity index (χ3n) is 3.81. The summed E-state index contributed by atoms with van der Waals surface area (Å²) in [5.41, 5.74) is 0.771. The number of benzene rings is 1. The van der Waals surface area contributed by atoms with E-state index in [4.69, 9.17) is 15.0 Å². The van der Waals surface area contributed by atoms with Crippen LogP contribution in [0.15, 0.2) is 51.4 Å². The van der Waals surface area contributed by atoms with Crippen molar-refractivity contribution >= 4 is 23.1 Å². The van der Waals surface area contributed by atoms with Crippen LogP contribution in [0.2, 0.25) is 0 Å². The number of hydrogen-bond donors (Lipinski definition) is 1. The molecular weight excluding hydrogens is 384 g/mol. The molecule has 0 saturated heterocycles. The van der Waals surface area contributed by atoms with Crippen molar-refractivity contribution in [2.24, 2.45) is 0 Å². The van der Waals surface area contributed by atoms with Gasteiger partial charge in [0.1, 0.15) is 5.75 Å². The van der Waals surface area contributed by atoms with Crippen LogP contribution in [0.3, 0.4) is 0 Å². The molecule has 4 rings (SSSR count). The minimum absolute atomic E-state index is 0.136. The van der Waals surface area contributed by atoms with Gasteiger partial charge in [-0.3, -0.25) is 0 Å². The van der Waals surface area contributed by atoms with E-state index in [0.717, 1.165) is 10.4 Å². The third kappa shape index (κ3) is 3.40. The summed E-state index contributed by atoms with van der Waals surface area (Å²) in [7, 11) is 1.61. The summed E-state index contributed by atoms with van der Waals surface area (Å²) in [5, 5.41) is 19.0. The molecule has 10 heteroatoms. The second kappa shape index (κ2) is 7.41. The van der Waals surface area contributed by atoms with Crippen LogP contribution >= 0.6 is 23.1 Å². The fourth-order valence-corrected chi connectivity index (χ4v) is 3.92. The molecule has 0 aliphatic heterocycles. The number of rotatable bonds is 6. The first-order valence-electron chi connectivity index (χ1n) is 8.05. The molecule has 138 valence electrons. The van der Waals surface area contributed by atoms with Gasteiger partial charge in [0, 0.05) is 0 Å². The fourth-order valence-electron chi connectivity index (χ4n) is 2.48. The Balaban J connectivity index is 1.56. The number of thioether (sulfide) groups is 1. The topological polar surface area (TPSA) is 105 Å². The predicted octanol–water partition coefficient (Wildman–Crippen LogP) is 3.63. The number of ether oxygens (including phenoxy) is 1. The molecule has 0 saturated carbocycles. The maximum Gasteiger partial charge on any atom is 0.257 e. The second-order valence-electron chi connectivity index (χ2n) is 5.56. The Hall–Kier alpha value is -2.85. The molecule has 0 amide bonds. The van der Waals surface area contributed by atoms with Gasteiger partial charge in [-0.1, -0.05) is 30.0 Å². The minimum Gasteiger partial charge on any atom is -0.496 e. The monoisotopic (exact) mass is 400 g/mol. The van der Waals surface area contributed by atoms with Gasteiger partial charge in [0.25, 0.3) is 5.89 Å². The Morgan fingerprint density at radius 2 is 2.00 bits per heavy atom. The van der Waals surface area contributed by atoms with E-state index in [-0.39, 0.29) is 5.25 Å². The van der Waals surface area contributed by atoms with Gasteiger partial charge in [-0.15, -0.1) is 31.7 Å². The highest BCUT2D eigenvalue weighted by Gasteiger charge is 2.22. The van der Waals surface area contributed by atoms with Gasteiger partial charge in [0.2, 0.25) is 11.0 Å². The normalized spacial score (nSPS) is 12.2. The number of aromatic nitrogens is 5. The van der Waals surface area contributed by atoms with Crippen molar-refractivity contribution in [1.29, 1.82) is 0 Å². The lowest BCUT2D eigenvalue weighted by Gasteiger charge is -2.09. The molecule has 8 nitrogen and oxygen atoms in total. The Morgan fingerprint density at radius 3 is 2.78 bits per heavy atom. The van der Waals surface area contributed by atoms with E-state index in [0.29, 0.717) is 28.5 Å². The Morgan fingerprint density at radius 1 is 1.15 bits per heavy atom. The Labute approximate surface area is 163 Å². The Bertz CT molecular complexity index is 1040. The van der Waals surface area contributed by atoms with Crippen LogP contribution in [-0.4, -0.2) is 32.2 Å². The van der Waals surface area contributed by atoms with Crippen molar-refractivity contribution in [3.8, 4) is 27.9 Å². The van der Waals surface area contributed by atoms with E-state index in [1.54, 1.807) is 18.4 Å². The lowest BCUT2D eigenvalue weighted by molar-refractivity contribution is 0.416. The van der Waals surface area contributed by atoms with Crippen molar-refractivity contribution < 1.29 is 9.15 Å². The molecule has 0 aliphatic carbocycles. The van der Waals surface area contributed by atoms with Gasteiger partial charge in [-0.05, 0) is 30.5 Å². The van der Waals surface area contributed by atoms with Crippen LogP contribution < -0.4 is 10.6 Å². The molecule has 27 heavy (non-hydrogen) atoms.